The summed E-state index contributed by atoms with van der Waals surface area (Å²) in [6.45, 7) is 2.64. The Balaban J connectivity index is 1.87. The topological polar surface area (TPSA) is 84.7 Å². The van der Waals surface area contributed by atoms with Crippen LogP contribution in [0.3, 0.4) is 0 Å². The number of rotatable bonds is 4. The summed E-state index contributed by atoms with van der Waals surface area (Å²) in [5, 5.41) is 13.2. The van der Waals surface area contributed by atoms with Gasteiger partial charge < -0.3 is 14.7 Å². The number of benzene rings is 1. The molecule has 2 heterocycles. The molecule has 1 N–H and O–H groups in total. The summed E-state index contributed by atoms with van der Waals surface area (Å²) in [4.78, 5) is 25.4. The molecule has 132 valence electrons. The molecular weight excluding hydrogens is 329 g/mol. The van der Waals surface area contributed by atoms with Crippen molar-refractivity contribution in [3.8, 4) is 5.69 Å². The molecule has 3 rings (SSSR count). The van der Waals surface area contributed by atoms with E-state index in [1.807, 2.05) is 0 Å². The van der Waals surface area contributed by atoms with Gasteiger partial charge in [-0.1, -0.05) is 0 Å². The summed E-state index contributed by atoms with van der Waals surface area (Å²) >= 11 is 0. The third-order valence-electron chi connectivity index (χ3n) is 4.21. The molecule has 0 bridgehead atoms. The third-order valence-corrected chi connectivity index (χ3v) is 4.21. The van der Waals surface area contributed by atoms with Gasteiger partial charge in [0.05, 0.1) is 48.8 Å². The summed E-state index contributed by atoms with van der Waals surface area (Å²) in [5.41, 5.74) is 1.64. The summed E-state index contributed by atoms with van der Waals surface area (Å²) in [6.07, 6.45) is 1.28. The Morgan fingerprint density at radius 1 is 1.36 bits per heavy atom. The maximum absolute atomic E-state index is 13.1. The van der Waals surface area contributed by atoms with E-state index in [1.54, 1.807) is 23.7 Å². The fourth-order valence-corrected chi connectivity index (χ4v) is 2.91. The van der Waals surface area contributed by atoms with E-state index in [9.17, 15) is 14.0 Å². The van der Waals surface area contributed by atoms with E-state index in [4.69, 9.17) is 9.84 Å². The third kappa shape index (κ3) is 3.53. The van der Waals surface area contributed by atoms with Crippen molar-refractivity contribution >= 4 is 11.9 Å². The first-order chi connectivity index (χ1) is 12.0. The van der Waals surface area contributed by atoms with Crippen LogP contribution in [0.15, 0.2) is 30.5 Å². The largest absolute Gasteiger partial charge is 0.481 e. The van der Waals surface area contributed by atoms with Crippen LogP contribution in [-0.2, 0) is 9.53 Å². The molecule has 7 nitrogen and oxygen atoms in total. The van der Waals surface area contributed by atoms with Gasteiger partial charge in [-0.15, -0.1) is 0 Å². The van der Waals surface area contributed by atoms with Gasteiger partial charge in [0.25, 0.3) is 5.91 Å². The lowest BCUT2D eigenvalue weighted by Gasteiger charge is -2.34. The standard InChI is InChI=1S/C17H18FN3O4/c1-11-15(9-19-21(11)13-4-2-12(18)3-5-13)17(24)20-6-7-25-10-14(20)8-16(22)23/h2-5,9,14H,6-8,10H2,1H3,(H,22,23). The number of nitrogens with zero attached hydrogens (tertiary/aromatic N) is 3. The normalized spacial score (nSPS) is 17.5. The number of carboxylic acid groups (broad SMARTS) is 1. The molecule has 1 atom stereocenters. The first-order valence-electron chi connectivity index (χ1n) is 7.88. The fourth-order valence-electron chi connectivity index (χ4n) is 2.91. The number of halogens is 1. The Labute approximate surface area is 143 Å². The van der Waals surface area contributed by atoms with Gasteiger partial charge in [-0.3, -0.25) is 9.59 Å². The summed E-state index contributed by atoms with van der Waals surface area (Å²) in [5.74, 6) is -1.61. The Bertz CT molecular complexity index is 788. The van der Waals surface area contributed by atoms with E-state index in [2.05, 4.69) is 5.10 Å². The molecular formula is C17H18FN3O4. The monoisotopic (exact) mass is 347 g/mol. The van der Waals surface area contributed by atoms with E-state index in [1.165, 1.54) is 23.2 Å². The van der Waals surface area contributed by atoms with Crippen LogP contribution >= 0.6 is 0 Å². The number of aliphatic carboxylic acids is 1. The maximum Gasteiger partial charge on any atom is 0.305 e. The fraction of sp³-hybridized carbons (Fsp3) is 0.353. The van der Waals surface area contributed by atoms with E-state index in [0.29, 0.717) is 30.1 Å². The molecule has 0 spiro atoms. The van der Waals surface area contributed by atoms with Gasteiger partial charge in [0.15, 0.2) is 0 Å². The van der Waals surface area contributed by atoms with Crippen LogP contribution in [0.1, 0.15) is 22.5 Å². The highest BCUT2D eigenvalue weighted by atomic mass is 19.1. The van der Waals surface area contributed by atoms with E-state index < -0.39 is 12.0 Å². The zero-order valence-electron chi connectivity index (χ0n) is 13.7. The number of morpholine rings is 1. The molecule has 1 saturated heterocycles. The van der Waals surface area contributed by atoms with Crippen molar-refractivity contribution in [2.75, 3.05) is 19.8 Å². The highest BCUT2D eigenvalue weighted by molar-refractivity contribution is 5.95. The Hall–Kier alpha value is -2.74. The van der Waals surface area contributed by atoms with Crippen molar-refractivity contribution in [1.82, 2.24) is 14.7 Å². The first kappa shape index (κ1) is 17.1. The second kappa shape index (κ2) is 7.02. The first-order valence-corrected chi connectivity index (χ1v) is 7.88. The van der Waals surface area contributed by atoms with Gasteiger partial charge in [0.1, 0.15) is 5.82 Å². The summed E-state index contributed by atoms with van der Waals surface area (Å²) in [6, 6.07) is 5.29. The van der Waals surface area contributed by atoms with E-state index in [-0.39, 0.29) is 24.8 Å². The van der Waals surface area contributed by atoms with Gasteiger partial charge in [-0.25, -0.2) is 9.07 Å². The van der Waals surface area contributed by atoms with Gasteiger partial charge in [0, 0.05) is 6.54 Å². The van der Waals surface area contributed by atoms with Crippen LogP contribution in [0.4, 0.5) is 4.39 Å². The van der Waals surface area contributed by atoms with Crippen LogP contribution in [0.2, 0.25) is 0 Å². The summed E-state index contributed by atoms with van der Waals surface area (Å²) < 4.78 is 19.9. The predicted octanol–water partition coefficient (Wildman–Crippen LogP) is 1.64. The maximum atomic E-state index is 13.1. The van der Waals surface area contributed by atoms with Crippen molar-refractivity contribution in [3.63, 3.8) is 0 Å². The minimum absolute atomic E-state index is 0.170. The van der Waals surface area contributed by atoms with Crippen molar-refractivity contribution in [2.24, 2.45) is 0 Å². The number of carboxylic acids is 1. The van der Waals surface area contributed by atoms with Gasteiger partial charge in [-0.2, -0.15) is 5.10 Å². The number of carbonyl (C=O) groups is 2. The molecule has 8 heteroatoms. The van der Waals surface area contributed by atoms with E-state index >= 15 is 0 Å². The highest BCUT2D eigenvalue weighted by Gasteiger charge is 2.31. The second-order valence-electron chi connectivity index (χ2n) is 5.86. The zero-order valence-corrected chi connectivity index (χ0v) is 13.7. The second-order valence-corrected chi connectivity index (χ2v) is 5.86. The predicted molar refractivity (Wildman–Crippen MR) is 86.2 cm³/mol. The number of aromatic nitrogens is 2. The molecule has 25 heavy (non-hydrogen) atoms. The Morgan fingerprint density at radius 3 is 2.76 bits per heavy atom. The lowest BCUT2D eigenvalue weighted by Crippen LogP contribution is -2.49. The number of carbonyl (C=O) groups excluding carboxylic acids is 1. The van der Waals surface area contributed by atoms with Crippen molar-refractivity contribution in [2.45, 2.75) is 19.4 Å². The molecule has 1 aromatic heterocycles. The minimum atomic E-state index is -0.980. The number of hydrogen-bond acceptors (Lipinski definition) is 4. The van der Waals surface area contributed by atoms with Gasteiger partial charge in [-0.05, 0) is 31.2 Å². The molecule has 1 aliphatic heterocycles. The van der Waals surface area contributed by atoms with Crippen LogP contribution in [0, 0.1) is 12.7 Å². The molecule has 1 amide bonds. The lowest BCUT2D eigenvalue weighted by molar-refractivity contribution is -0.139. The molecule has 0 aliphatic carbocycles. The molecule has 1 aliphatic rings. The molecule has 0 saturated carbocycles. The average Bonchev–Trinajstić information content (AvgIpc) is 2.96. The lowest BCUT2D eigenvalue weighted by atomic mass is 10.1. The molecule has 2 aromatic rings. The van der Waals surface area contributed by atoms with Crippen LogP contribution < -0.4 is 0 Å². The quantitative estimate of drug-likeness (QED) is 0.909. The smallest absolute Gasteiger partial charge is 0.305 e. The highest BCUT2D eigenvalue weighted by Crippen LogP contribution is 2.20. The SMILES string of the molecule is Cc1c(C(=O)N2CCOCC2CC(=O)O)cnn1-c1ccc(F)cc1. The number of hydrogen-bond donors (Lipinski definition) is 1. The zero-order chi connectivity index (χ0) is 18.0. The molecule has 0 radical (unpaired) electrons. The van der Waals surface area contributed by atoms with E-state index in [0.717, 1.165) is 0 Å². The Kier molecular flexibility index (Phi) is 4.80. The van der Waals surface area contributed by atoms with Crippen LogP contribution in [0.25, 0.3) is 5.69 Å². The van der Waals surface area contributed by atoms with Gasteiger partial charge in [0.2, 0.25) is 0 Å². The van der Waals surface area contributed by atoms with Gasteiger partial charge >= 0.3 is 5.97 Å². The minimum Gasteiger partial charge on any atom is -0.481 e. The molecule has 1 aromatic carbocycles. The van der Waals surface area contributed by atoms with Crippen LogP contribution in [0.5, 0.6) is 0 Å². The molecule has 1 unspecified atom stereocenters. The van der Waals surface area contributed by atoms with Crippen molar-refractivity contribution in [3.05, 3.63) is 47.5 Å². The van der Waals surface area contributed by atoms with Crippen molar-refractivity contribution in [1.29, 1.82) is 0 Å². The average molecular weight is 347 g/mol. The number of ether oxygens (including phenoxy) is 1. The number of amides is 1. The Morgan fingerprint density at radius 2 is 2.08 bits per heavy atom. The van der Waals surface area contributed by atoms with Crippen molar-refractivity contribution < 1.29 is 23.8 Å². The summed E-state index contributed by atoms with van der Waals surface area (Å²) in [7, 11) is 0. The molecule has 1 fully saturated rings. The van der Waals surface area contributed by atoms with Crippen LogP contribution in [-0.4, -0.2) is 57.5 Å².